The minimum atomic E-state index is -1.15. The average molecular weight is 376 g/mol. The maximum atomic E-state index is 13.8. The van der Waals surface area contributed by atoms with Crippen molar-refractivity contribution in [2.24, 2.45) is 16.2 Å². The summed E-state index contributed by atoms with van der Waals surface area (Å²) in [7, 11) is 0. The van der Waals surface area contributed by atoms with Crippen LogP contribution in [0.2, 0.25) is 0 Å². The third-order valence-electron chi connectivity index (χ3n) is 7.74. The molecule has 2 heterocycles. The van der Waals surface area contributed by atoms with Crippen LogP contribution in [0.1, 0.15) is 79.1 Å². The molecule has 2 fully saturated rings. The lowest BCUT2D eigenvalue weighted by atomic mass is 9.57. The summed E-state index contributed by atoms with van der Waals surface area (Å²) >= 11 is 0. The molecule has 0 aromatic carbocycles. The van der Waals surface area contributed by atoms with E-state index in [1.54, 1.807) is 11.1 Å². The van der Waals surface area contributed by atoms with E-state index in [-0.39, 0.29) is 29.1 Å². The van der Waals surface area contributed by atoms with E-state index >= 15 is 0 Å². The van der Waals surface area contributed by atoms with Gasteiger partial charge in [-0.1, -0.05) is 53.4 Å². The summed E-state index contributed by atoms with van der Waals surface area (Å²) in [5, 5.41) is 0. The molecule has 0 spiro atoms. The van der Waals surface area contributed by atoms with Crippen LogP contribution in [-0.2, 0) is 19.1 Å². The first-order chi connectivity index (χ1) is 12.7. The van der Waals surface area contributed by atoms with Gasteiger partial charge in [-0.05, 0) is 30.8 Å². The van der Waals surface area contributed by atoms with Gasteiger partial charge in [0.25, 0.3) is 0 Å². The Morgan fingerprint density at radius 1 is 1.19 bits per heavy atom. The van der Waals surface area contributed by atoms with E-state index in [1.165, 1.54) is 6.08 Å². The van der Waals surface area contributed by atoms with Crippen LogP contribution in [-0.4, -0.2) is 35.2 Å². The first kappa shape index (κ1) is 20.1. The maximum Gasteiger partial charge on any atom is 0.322 e. The van der Waals surface area contributed by atoms with Gasteiger partial charge in [-0.3, -0.25) is 14.4 Å². The van der Waals surface area contributed by atoms with E-state index in [0.717, 1.165) is 38.5 Å². The number of hydrogen-bond donors (Lipinski definition) is 0. The number of ether oxygens (including phenoxy) is 1. The Balaban J connectivity index is 1.89. The summed E-state index contributed by atoms with van der Waals surface area (Å²) in [4.78, 5) is 40.4. The SMILES string of the molecule is CCCCCC[C@H]1CC(=O)C=CN1C(=O)[C@@]12CC[C@@](C)(COC1=O)C2(C)C. The minimum absolute atomic E-state index is 0.0544. The molecule has 5 heteroatoms. The third-order valence-corrected chi connectivity index (χ3v) is 7.74. The van der Waals surface area contributed by atoms with Gasteiger partial charge in [0.15, 0.2) is 11.2 Å². The monoisotopic (exact) mass is 375 g/mol. The smallest absolute Gasteiger partial charge is 0.322 e. The fourth-order valence-corrected chi connectivity index (χ4v) is 5.21. The zero-order chi connectivity index (χ0) is 19.9. The summed E-state index contributed by atoms with van der Waals surface area (Å²) < 4.78 is 5.51. The number of unbranched alkanes of at least 4 members (excludes halogenated alkanes) is 3. The lowest BCUT2D eigenvalue weighted by Gasteiger charge is -2.51. The van der Waals surface area contributed by atoms with Gasteiger partial charge in [0.05, 0.1) is 6.61 Å². The van der Waals surface area contributed by atoms with Crippen molar-refractivity contribution >= 4 is 17.7 Å². The van der Waals surface area contributed by atoms with Gasteiger partial charge in [0, 0.05) is 24.1 Å². The van der Waals surface area contributed by atoms with Crippen LogP contribution < -0.4 is 0 Å². The van der Waals surface area contributed by atoms with Crippen molar-refractivity contribution in [3.63, 3.8) is 0 Å². The van der Waals surface area contributed by atoms with Gasteiger partial charge in [-0.2, -0.15) is 0 Å². The van der Waals surface area contributed by atoms with Crippen LogP contribution in [0.3, 0.4) is 0 Å². The van der Waals surface area contributed by atoms with Crippen molar-refractivity contribution in [1.82, 2.24) is 4.90 Å². The maximum absolute atomic E-state index is 13.8. The third kappa shape index (κ3) is 2.94. The normalized spacial score (nSPS) is 34.7. The lowest BCUT2D eigenvalue weighted by molar-refractivity contribution is -0.193. The highest BCUT2D eigenvalue weighted by Gasteiger charge is 2.72. The Labute approximate surface area is 162 Å². The molecule has 3 rings (SSSR count). The number of amides is 1. The number of allylic oxidation sites excluding steroid dienone is 1. The molecule has 150 valence electrons. The molecule has 2 bridgehead atoms. The Bertz CT molecular complexity index is 667. The Morgan fingerprint density at radius 2 is 1.93 bits per heavy atom. The number of rotatable bonds is 6. The van der Waals surface area contributed by atoms with E-state index in [2.05, 4.69) is 13.8 Å². The Kier molecular flexibility index (Phi) is 5.26. The number of carbonyl (C=O) groups is 3. The number of nitrogens with zero attached hydrogens (tertiary/aromatic N) is 1. The van der Waals surface area contributed by atoms with Crippen LogP contribution in [0.4, 0.5) is 0 Å². The van der Waals surface area contributed by atoms with E-state index < -0.39 is 10.8 Å². The summed E-state index contributed by atoms with van der Waals surface area (Å²) in [6, 6.07) is -0.154. The van der Waals surface area contributed by atoms with Gasteiger partial charge in [0.1, 0.15) is 0 Å². The van der Waals surface area contributed by atoms with Gasteiger partial charge >= 0.3 is 5.97 Å². The van der Waals surface area contributed by atoms with E-state index in [0.29, 0.717) is 19.4 Å². The number of esters is 1. The molecule has 2 aliphatic heterocycles. The lowest BCUT2D eigenvalue weighted by Crippen LogP contribution is -2.61. The van der Waals surface area contributed by atoms with Crippen LogP contribution in [0.15, 0.2) is 12.3 Å². The molecular formula is C22H33NO4. The van der Waals surface area contributed by atoms with Crippen LogP contribution in [0, 0.1) is 16.2 Å². The topological polar surface area (TPSA) is 63.7 Å². The predicted molar refractivity (Wildman–Crippen MR) is 103 cm³/mol. The molecule has 5 nitrogen and oxygen atoms in total. The largest absolute Gasteiger partial charge is 0.464 e. The highest BCUT2D eigenvalue weighted by Crippen LogP contribution is 2.66. The number of cyclic esters (lactones) is 1. The summed E-state index contributed by atoms with van der Waals surface area (Å²) in [5.41, 5.74) is -1.82. The highest BCUT2D eigenvalue weighted by molar-refractivity contribution is 6.06. The minimum Gasteiger partial charge on any atom is -0.464 e. The van der Waals surface area contributed by atoms with Crippen molar-refractivity contribution in [2.75, 3.05) is 6.61 Å². The molecule has 27 heavy (non-hydrogen) atoms. The second-order valence-electron chi connectivity index (χ2n) is 9.37. The van der Waals surface area contributed by atoms with Crippen molar-refractivity contribution in [1.29, 1.82) is 0 Å². The Hall–Kier alpha value is -1.65. The quantitative estimate of drug-likeness (QED) is 0.400. The number of fused-ring (bicyclic) bond motifs is 2. The zero-order valence-electron chi connectivity index (χ0n) is 17.2. The van der Waals surface area contributed by atoms with Crippen LogP contribution >= 0.6 is 0 Å². The van der Waals surface area contributed by atoms with Crippen molar-refractivity contribution in [3.8, 4) is 0 Å². The molecule has 0 N–H and O–H groups in total. The summed E-state index contributed by atoms with van der Waals surface area (Å²) in [5.74, 6) is -0.508. The van der Waals surface area contributed by atoms with E-state index in [1.807, 2.05) is 13.8 Å². The number of carbonyl (C=O) groups excluding carboxylic acids is 3. The van der Waals surface area contributed by atoms with E-state index in [4.69, 9.17) is 4.74 Å². The molecule has 3 atom stereocenters. The average Bonchev–Trinajstić information content (AvgIpc) is 2.73. The molecule has 1 amide bonds. The highest BCUT2D eigenvalue weighted by atomic mass is 16.5. The van der Waals surface area contributed by atoms with Crippen LogP contribution in [0.5, 0.6) is 0 Å². The predicted octanol–water partition coefficient (Wildman–Crippen LogP) is 4.01. The fraction of sp³-hybridized carbons (Fsp3) is 0.773. The van der Waals surface area contributed by atoms with Crippen molar-refractivity contribution < 1.29 is 19.1 Å². The number of ketones is 1. The zero-order valence-corrected chi connectivity index (χ0v) is 17.2. The van der Waals surface area contributed by atoms with Gasteiger partial charge < -0.3 is 9.64 Å². The summed E-state index contributed by atoms with van der Waals surface area (Å²) in [6.45, 7) is 8.73. The molecule has 1 aliphatic carbocycles. The van der Waals surface area contributed by atoms with E-state index in [9.17, 15) is 14.4 Å². The molecule has 0 unspecified atom stereocenters. The standard InChI is InChI=1S/C22H33NO4/c1-5-6-7-8-9-16-14-17(24)10-13-23(16)18(25)22-12-11-21(4,20(22,2)3)15-27-19(22)26/h10,13,16H,5-9,11-12,14-15H2,1-4H3/t16-,21-,22-/m0/s1. The van der Waals surface area contributed by atoms with Crippen molar-refractivity contribution in [2.45, 2.75) is 85.1 Å². The van der Waals surface area contributed by atoms with Gasteiger partial charge in [-0.15, -0.1) is 0 Å². The molecule has 1 saturated heterocycles. The number of hydrogen-bond acceptors (Lipinski definition) is 4. The second-order valence-corrected chi connectivity index (χ2v) is 9.37. The molecule has 3 aliphatic rings. The molecule has 0 radical (unpaired) electrons. The van der Waals surface area contributed by atoms with Gasteiger partial charge in [0.2, 0.25) is 5.91 Å². The Morgan fingerprint density at radius 3 is 2.63 bits per heavy atom. The molecule has 0 aromatic rings. The first-order valence-electron chi connectivity index (χ1n) is 10.4. The summed E-state index contributed by atoms with van der Waals surface area (Å²) in [6.07, 6.45) is 9.95. The van der Waals surface area contributed by atoms with Crippen LogP contribution in [0.25, 0.3) is 0 Å². The fourth-order valence-electron chi connectivity index (χ4n) is 5.21. The first-order valence-corrected chi connectivity index (χ1v) is 10.4. The molecule has 1 saturated carbocycles. The molecule has 0 aromatic heterocycles. The van der Waals surface area contributed by atoms with Crippen molar-refractivity contribution in [3.05, 3.63) is 12.3 Å². The van der Waals surface area contributed by atoms with Gasteiger partial charge in [-0.25, -0.2) is 0 Å². The molecular weight excluding hydrogens is 342 g/mol. The second kappa shape index (κ2) is 7.06.